The number of benzene rings is 1. The molecule has 0 spiro atoms. The molecule has 0 aliphatic heterocycles. The van der Waals surface area contributed by atoms with E-state index < -0.39 is 5.60 Å². The van der Waals surface area contributed by atoms with E-state index in [0.29, 0.717) is 19.6 Å². The Kier molecular flexibility index (Phi) is 7.16. The van der Waals surface area contributed by atoms with Crippen LogP contribution >= 0.6 is 31.9 Å². The normalized spacial score (nSPS) is 11.3. The molecular weight excluding hydrogens is 400 g/mol. The minimum atomic E-state index is -0.504. The zero-order chi connectivity index (χ0) is 16.0. The summed E-state index contributed by atoms with van der Waals surface area (Å²) in [5.41, 5.74) is 6.07. The van der Waals surface area contributed by atoms with Gasteiger partial charge in [-0.2, -0.15) is 0 Å². The molecule has 1 rings (SSSR count). The number of amides is 1. The van der Waals surface area contributed by atoms with Crippen LogP contribution in [-0.4, -0.2) is 29.7 Å². The minimum absolute atomic E-state index is 0.313. The number of carbonyl (C=O) groups is 1. The Morgan fingerprint density at radius 1 is 1.24 bits per heavy atom. The molecule has 2 N–H and O–H groups in total. The Bertz CT molecular complexity index is 467. The molecule has 0 atom stereocenters. The quantitative estimate of drug-likeness (QED) is 0.770. The molecule has 0 saturated heterocycles. The fourth-order valence-electron chi connectivity index (χ4n) is 1.77. The average Bonchev–Trinajstić information content (AvgIpc) is 2.30. The largest absolute Gasteiger partial charge is 0.444 e. The highest BCUT2D eigenvalue weighted by atomic mass is 79.9. The Balaban J connectivity index is 2.84. The molecule has 0 aliphatic carbocycles. The van der Waals surface area contributed by atoms with Gasteiger partial charge >= 0.3 is 6.09 Å². The molecule has 0 bridgehead atoms. The molecule has 0 aliphatic rings. The van der Waals surface area contributed by atoms with Gasteiger partial charge < -0.3 is 15.4 Å². The van der Waals surface area contributed by atoms with Gasteiger partial charge in [0.05, 0.1) is 0 Å². The molecule has 0 fully saturated rings. The third kappa shape index (κ3) is 7.29. The van der Waals surface area contributed by atoms with E-state index in [2.05, 4.69) is 31.9 Å². The van der Waals surface area contributed by atoms with Gasteiger partial charge in [-0.25, -0.2) is 4.79 Å². The van der Waals surface area contributed by atoms with Crippen LogP contribution in [0, 0.1) is 0 Å². The van der Waals surface area contributed by atoms with E-state index in [1.807, 2.05) is 39.0 Å². The molecule has 118 valence electrons. The number of hydrogen-bond acceptors (Lipinski definition) is 3. The van der Waals surface area contributed by atoms with E-state index in [0.717, 1.165) is 20.9 Å². The van der Waals surface area contributed by atoms with Crippen molar-refractivity contribution < 1.29 is 9.53 Å². The van der Waals surface area contributed by atoms with E-state index in [1.165, 1.54) is 0 Å². The highest BCUT2D eigenvalue weighted by molar-refractivity contribution is 9.11. The van der Waals surface area contributed by atoms with Crippen LogP contribution in [0.15, 0.2) is 27.1 Å². The molecule has 1 aromatic carbocycles. The monoisotopic (exact) mass is 420 g/mol. The lowest BCUT2D eigenvalue weighted by atomic mass is 10.2. The second kappa shape index (κ2) is 8.15. The maximum Gasteiger partial charge on any atom is 0.410 e. The summed E-state index contributed by atoms with van der Waals surface area (Å²) >= 11 is 6.91. The third-order valence-electron chi connectivity index (χ3n) is 2.58. The van der Waals surface area contributed by atoms with Gasteiger partial charge in [-0.1, -0.05) is 31.9 Å². The summed E-state index contributed by atoms with van der Waals surface area (Å²) in [5.74, 6) is 0. The number of rotatable bonds is 5. The van der Waals surface area contributed by atoms with E-state index in [1.54, 1.807) is 4.90 Å². The summed E-state index contributed by atoms with van der Waals surface area (Å²) in [7, 11) is 0. The van der Waals surface area contributed by atoms with Crippen molar-refractivity contribution in [2.45, 2.75) is 39.3 Å². The van der Waals surface area contributed by atoms with Gasteiger partial charge in [0.15, 0.2) is 0 Å². The average molecular weight is 422 g/mol. The van der Waals surface area contributed by atoms with Crippen molar-refractivity contribution in [3.05, 3.63) is 32.7 Å². The van der Waals surface area contributed by atoms with Crippen molar-refractivity contribution in [3.8, 4) is 0 Å². The summed E-state index contributed by atoms with van der Waals surface area (Å²) in [6.45, 7) is 7.20. The molecule has 1 amide bonds. The van der Waals surface area contributed by atoms with Crippen molar-refractivity contribution in [2.24, 2.45) is 5.73 Å². The first-order valence-electron chi connectivity index (χ1n) is 6.84. The Morgan fingerprint density at radius 2 is 1.81 bits per heavy atom. The lowest BCUT2D eigenvalue weighted by Gasteiger charge is -2.27. The van der Waals surface area contributed by atoms with Gasteiger partial charge in [-0.15, -0.1) is 0 Å². The smallest absolute Gasteiger partial charge is 0.410 e. The van der Waals surface area contributed by atoms with E-state index >= 15 is 0 Å². The van der Waals surface area contributed by atoms with Gasteiger partial charge in [0.1, 0.15) is 5.60 Å². The summed E-state index contributed by atoms with van der Waals surface area (Å²) in [6, 6.07) is 5.94. The topological polar surface area (TPSA) is 55.6 Å². The zero-order valence-electron chi connectivity index (χ0n) is 12.7. The van der Waals surface area contributed by atoms with Gasteiger partial charge in [0, 0.05) is 22.0 Å². The van der Waals surface area contributed by atoms with Crippen molar-refractivity contribution in [2.75, 3.05) is 13.1 Å². The first-order valence-corrected chi connectivity index (χ1v) is 8.43. The molecule has 21 heavy (non-hydrogen) atoms. The van der Waals surface area contributed by atoms with Gasteiger partial charge in [-0.3, -0.25) is 0 Å². The summed E-state index contributed by atoms with van der Waals surface area (Å²) < 4.78 is 7.39. The Hall–Kier alpha value is -0.590. The first kappa shape index (κ1) is 18.5. The van der Waals surface area contributed by atoms with Crippen molar-refractivity contribution in [1.29, 1.82) is 0 Å². The predicted octanol–water partition coefficient (Wildman–Crippen LogP) is 4.30. The highest BCUT2D eigenvalue weighted by Gasteiger charge is 2.22. The van der Waals surface area contributed by atoms with Crippen LogP contribution in [0.1, 0.15) is 32.8 Å². The summed E-state index contributed by atoms with van der Waals surface area (Å²) in [4.78, 5) is 14.0. The van der Waals surface area contributed by atoms with Crippen LogP contribution in [0.3, 0.4) is 0 Å². The van der Waals surface area contributed by atoms with E-state index in [4.69, 9.17) is 10.5 Å². The van der Waals surface area contributed by atoms with Crippen LogP contribution in [-0.2, 0) is 11.3 Å². The van der Waals surface area contributed by atoms with E-state index in [-0.39, 0.29) is 6.09 Å². The zero-order valence-corrected chi connectivity index (χ0v) is 15.8. The second-order valence-corrected chi connectivity index (χ2v) is 7.65. The molecule has 0 radical (unpaired) electrons. The number of nitrogens with zero attached hydrogens (tertiary/aromatic N) is 1. The number of hydrogen-bond donors (Lipinski definition) is 1. The van der Waals surface area contributed by atoms with Crippen LogP contribution in [0.25, 0.3) is 0 Å². The first-order chi connectivity index (χ1) is 9.71. The molecule has 1 aromatic rings. The molecule has 0 saturated carbocycles. The number of nitrogens with two attached hydrogens (primary N) is 1. The minimum Gasteiger partial charge on any atom is -0.444 e. The van der Waals surface area contributed by atoms with Crippen molar-refractivity contribution >= 4 is 38.0 Å². The number of halogens is 2. The number of ether oxygens (including phenoxy) is 1. The lowest BCUT2D eigenvalue weighted by molar-refractivity contribution is 0.0232. The SMILES string of the molecule is CC(C)(C)OC(=O)N(CCCN)Cc1cc(Br)cc(Br)c1. The van der Waals surface area contributed by atoms with Gasteiger partial charge in [-0.05, 0) is 57.5 Å². The second-order valence-electron chi connectivity index (χ2n) is 5.82. The van der Waals surface area contributed by atoms with E-state index in [9.17, 15) is 4.79 Å². The number of carbonyl (C=O) groups excluding carboxylic acids is 1. The van der Waals surface area contributed by atoms with Crippen molar-refractivity contribution in [3.63, 3.8) is 0 Å². The fourth-order valence-corrected chi connectivity index (χ4v) is 3.15. The summed E-state index contributed by atoms with van der Waals surface area (Å²) in [6.07, 6.45) is 0.432. The summed E-state index contributed by atoms with van der Waals surface area (Å²) in [5, 5.41) is 0. The maximum absolute atomic E-state index is 12.3. The molecule has 0 aromatic heterocycles. The maximum atomic E-state index is 12.3. The highest BCUT2D eigenvalue weighted by Crippen LogP contribution is 2.22. The van der Waals surface area contributed by atoms with Gasteiger partial charge in [0.2, 0.25) is 0 Å². The molecule has 6 heteroatoms. The standard InChI is InChI=1S/C15H22Br2N2O2/c1-15(2,3)21-14(20)19(6-4-5-18)10-11-7-12(16)9-13(17)8-11/h7-9H,4-6,10,18H2,1-3H3. The fraction of sp³-hybridized carbons (Fsp3) is 0.533. The Morgan fingerprint density at radius 3 is 2.29 bits per heavy atom. The van der Waals surface area contributed by atoms with Crippen LogP contribution < -0.4 is 5.73 Å². The third-order valence-corrected chi connectivity index (χ3v) is 3.50. The molecule has 4 nitrogen and oxygen atoms in total. The van der Waals surface area contributed by atoms with Crippen LogP contribution in [0.2, 0.25) is 0 Å². The molecule has 0 heterocycles. The van der Waals surface area contributed by atoms with Crippen LogP contribution in [0.5, 0.6) is 0 Å². The van der Waals surface area contributed by atoms with Crippen molar-refractivity contribution in [1.82, 2.24) is 4.90 Å². The molecular formula is C15H22Br2N2O2. The van der Waals surface area contributed by atoms with Crippen LogP contribution in [0.4, 0.5) is 4.79 Å². The molecule has 0 unspecified atom stereocenters. The van der Waals surface area contributed by atoms with Gasteiger partial charge in [0.25, 0.3) is 0 Å². The lowest BCUT2D eigenvalue weighted by Crippen LogP contribution is -2.37. The predicted molar refractivity (Wildman–Crippen MR) is 92.2 cm³/mol. The Labute approximate surface area is 143 Å².